The van der Waals surface area contributed by atoms with Crippen molar-refractivity contribution >= 4 is 29.6 Å². The molecule has 6 rings (SSSR count). The Labute approximate surface area is 258 Å². The standard InChI is InChI=1S/C34H30N2O7S/c1-20-28(19-44-29-4-2-3-15-35-29)41-34(42-30(20)23-9-7-22(18-37)8-10-23)24-11-5-21(6-12-24)17-36-31(38)25-13-14-26-27(16-25)33(40)43-32(26)39/h2-16,20,28,30,34,37H,17-19H2,1H3,(H,36,38)/t20-,28+,30+,34?/m0/s1. The average Bonchev–Trinajstić information content (AvgIpc) is 3.35. The Kier molecular flexibility index (Phi) is 8.85. The first kappa shape index (κ1) is 29.7. The number of aliphatic hydroxyl groups excluding tert-OH is 1. The summed E-state index contributed by atoms with van der Waals surface area (Å²) in [5.74, 6) is -1.08. The van der Waals surface area contributed by atoms with Crippen molar-refractivity contribution in [3.63, 3.8) is 0 Å². The number of fused-ring (bicyclic) bond motifs is 1. The fourth-order valence-electron chi connectivity index (χ4n) is 5.21. The number of amides is 1. The highest BCUT2D eigenvalue weighted by Gasteiger charge is 2.38. The molecule has 0 saturated carbocycles. The molecule has 1 aromatic heterocycles. The topological polar surface area (TPSA) is 124 Å². The summed E-state index contributed by atoms with van der Waals surface area (Å²) < 4.78 is 17.6. The summed E-state index contributed by atoms with van der Waals surface area (Å²) in [6.45, 7) is 2.36. The number of benzene rings is 3. The van der Waals surface area contributed by atoms with Gasteiger partial charge in [-0.25, -0.2) is 14.6 Å². The van der Waals surface area contributed by atoms with Crippen molar-refractivity contribution in [3.8, 4) is 0 Å². The SMILES string of the molecule is C[C@H]1[C@@H](CSc2ccccn2)OC(c2ccc(CNC(=O)c3ccc4c(c3)C(=O)OC4=O)cc2)O[C@H]1c1ccc(CO)cc1. The number of nitrogens with one attached hydrogen (secondary N) is 1. The number of cyclic esters (lactones) is 2. The molecule has 10 heteroatoms. The van der Waals surface area contributed by atoms with Crippen LogP contribution in [-0.2, 0) is 27.4 Å². The number of aromatic nitrogens is 1. The van der Waals surface area contributed by atoms with Crippen LogP contribution >= 0.6 is 11.8 Å². The molecule has 1 fully saturated rings. The molecule has 4 aromatic rings. The normalized spacial score (nSPS) is 21.0. The second kappa shape index (κ2) is 13.1. The minimum atomic E-state index is -0.751. The third-order valence-electron chi connectivity index (χ3n) is 7.77. The van der Waals surface area contributed by atoms with Gasteiger partial charge in [0.2, 0.25) is 0 Å². The van der Waals surface area contributed by atoms with Gasteiger partial charge in [0, 0.05) is 35.5 Å². The highest BCUT2D eigenvalue weighted by Crippen LogP contribution is 2.43. The third-order valence-corrected chi connectivity index (χ3v) is 8.80. The van der Waals surface area contributed by atoms with Gasteiger partial charge < -0.3 is 24.6 Å². The van der Waals surface area contributed by atoms with Gasteiger partial charge in [0.05, 0.1) is 35.0 Å². The van der Waals surface area contributed by atoms with Crippen LogP contribution in [0, 0.1) is 5.92 Å². The summed E-state index contributed by atoms with van der Waals surface area (Å²) in [5, 5.41) is 13.3. The van der Waals surface area contributed by atoms with Crippen molar-refractivity contribution in [1.29, 1.82) is 0 Å². The van der Waals surface area contributed by atoms with Crippen molar-refractivity contribution in [2.45, 2.75) is 43.6 Å². The molecule has 1 amide bonds. The number of nitrogens with zero attached hydrogens (tertiary/aromatic N) is 1. The Morgan fingerprint density at radius 3 is 2.34 bits per heavy atom. The summed E-state index contributed by atoms with van der Waals surface area (Å²) in [4.78, 5) is 40.7. The smallest absolute Gasteiger partial charge is 0.346 e. The minimum absolute atomic E-state index is 0.0216. The first-order chi connectivity index (χ1) is 21.4. The van der Waals surface area contributed by atoms with E-state index in [0.29, 0.717) is 5.75 Å². The molecular formula is C34H30N2O7S. The first-order valence-corrected chi connectivity index (χ1v) is 15.2. The molecule has 1 saturated heterocycles. The molecule has 0 bridgehead atoms. The Morgan fingerprint density at radius 2 is 1.61 bits per heavy atom. The predicted octanol–water partition coefficient (Wildman–Crippen LogP) is 5.40. The largest absolute Gasteiger partial charge is 0.392 e. The van der Waals surface area contributed by atoms with Gasteiger partial charge in [-0.1, -0.05) is 61.5 Å². The van der Waals surface area contributed by atoms with E-state index >= 15 is 0 Å². The number of thioether (sulfide) groups is 1. The lowest BCUT2D eigenvalue weighted by Crippen LogP contribution is -2.38. The second-order valence-corrected chi connectivity index (χ2v) is 11.7. The molecule has 0 radical (unpaired) electrons. The fraction of sp³-hybridized carbons (Fsp3) is 0.235. The number of esters is 2. The molecule has 3 heterocycles. The summed E-state index contributed by atoms with van der Waals surface area (Å²) in [6.07, 6.45) is 0.816. The number of carbonyl (C=O) groups is 3. The van der Waals surface area contributed by atoms with Gasteiger partial charge in [-0.2, -0.15) is 0 Å². The van der Waals surface area contributed by atoms with Crippen LogP contribution in [0.2, 0.25) is 0 Å². The summed E-state index contributed by atoms with van der Waals surface area (Å²) in [6, 6.07) is 25.6. The maximum Gasteiger partial charge on any atom is 0.346 e. The molecule has 0 aliphatic carbocycles. The van der Waals surface area contributed by atoms with Crippen LogP contribution in [0.4, 0.5) is 0 Å². The zero-order valence-corrected chi connectivity index (χ0v) is 24.7. The highest BCUT2D eigenvalue weighted by atomic mass is 32.2. The first-order valence-electron chi connectivity index (χ1n) is 14.2. The van der Waals surface area contributed by atoms with Crippen molar-refractivity contribution in [2.75, 3.05) is 5.75 Å². The molecule has 2 aliphatic heterocycles. The van der Waals surface area contributed by atoms with E-state index in [-0.39, 0.29) is 53.9 Å². The van der Waals surface area contributed by atoms with Crippen LogP contribution in [0.3, 0.4) is 0 Å². The van der Waals surface area contributed by atoms with Crippen molar-refractivity contribution < 1.29 is 33.7 Å². The Balaban J connectivity index is 1.14. The number of carbonyl (C=O) groups excluding carboxylic acids is 3. The molecule has 2 N–H and O–H groups in total. The zero-order chi connectivity index (χ0) is 30.6. The van der Waals surface area contributed by atoms with Gasteiger partial charge in [0.1, 0.15) is 0 Å². The summed E-state index contributed by atoms with van der Waals surface area (Å²) in [5.41, 5.74) is 4.07. The van der Waals surface area contributed by atoms with Crippen LogP contribution < -0.4 is 5.32 Å². The van der Waals surface area contributed by atoms with E-state index < -0.39 is 18.2 Å². The van der Waals surface area contributed by atoms with E-state index in [9.17, 15) is 19.5 Å². The quantitative estimate of drug-likeness (QED) is 0.146. The van der Waals surface area contributed by atoms with Gasteiger partial charge in [-0.15, -0.1) is 11.8 Å². The van der Waals surface area contributed by atoms with E-state index in [1.807, 2.05) is 66.7 Å². The average molecular weight is 611 g/mol. The minimum Gasteiger partial charge on any atom is -0.392 e. The lowest BCUT2D eigenvalue weighted by atomic mass is 9.91. The van der Waals surface area contributed by atoms with Crippen molar-refractivity contribution in [1.82, 2.24) is 10.3 Å². The molecule has 3 aromatic carbocycles. The van der Waals surface area contributed by atoms with E-state index in [4.69, 9.17) is 9.47 Å². The molecule has 44 heavy (non-hydrogen) atoms. The molecule has 4 atom stereocenters. The summed E-state index contributed by atoms with van der Waals surface area (Å²) in [7, 11) is 0. The van der Waals surface area contributed by atoms with E-state index in [2.05, 4.69) is 22.0 Å². The van der Waals surface area contributed by atoms with Gasteiger partial charge >= 0.3 is 11.9 Å². The number of pyridine rings is 1. The van der Waals surface area contributed by atoms with E-state index in [1.165, 1.54) is 18.2 Å². The molecular weight excluding hydrogens is 580 g/mol. The lowest BCUT2D eigenvalue weighted by Gasteiger charge is -2.41. The maximum absolute atomic E-state index is 12.8. The predicted molar refractivity (Wildman–Crippen MR) is 162 cm³/mol. The number of rotatable bonds is 9. The van der Waals surface area contributed by atoms with Crippen LogP contribution in [-0.4, -0.2) is 39.8 Å². The van der Waals surface area contributed by atoms with Crippen molar-refractivity contribution in [2.24, 2.45) is 5.92 Å². The molecule has 1 unspecified atom stereocenters. The van der Waals surface area contributed by atoms with Gasteiger partial charge in [0.25, 0.3) is 5.91 Å². The van der Waals surface area contributed by atoms with Gasteiger partial charge in [-0.05, 0) is 47.0 Å². The molecule has 9 nitrogen and oxygen atoms in total. The van der Waals surface area contributed by atoms with Crippen molar-refractivity contribution in [3.05, 3.63) is 130 Å². The van der Waals surface area contributed by atoms with Crippen LogP contribution in [0.15, 0.2) is 96.2 Å². The van der Waals surface area contributed by atoms with Gasteiger partial charge in [0.15, 0.2) is 6.29 Å². The maximum atomic E-state index is 12.8. The number of ether oxygens (including phenoxy) is 3. The van der Waals surface area contributed by atoms with Gasteiger partial charge in [-0.3, -0.25) is 4.79 Å². The van der Waals surface area contributed by atoms with Crippen LogP contribution in [0.1, 0.15) is 72.6 Å². The second-order valence-electron chi connectivity index (χ2n) is 10.7. The Hall–Kier alpha value is -4.35. The number of hydrogen-bond donors (Lipinski definition) is 2. The van der Waals surface area contributed by atoms with Crippen LogP contribution in [0.5, 0.6) is 0 Å². The third kappa shape index (κ3) is 6.44. The zero-order valence-electron chi connectivity index (χ0n) is 23.8. The number of aliphatic hydroxyl groups is 1. The lowest BCUT2D eigenvalue weighted by molar-refractivity contribution is -0.268. The number of hydrogen-bond acceptors (Lipinski definition) is 9. The van der Waals surface area contributed by atoms with E-state index in [0.717, 1.165) is 27.3 Å². The highest BCUT2D eigenvalue weighted by molar-refractivity contribution is 7.99. The van der Waals surface area contributed by atoms with Crippen LogP contribution in [0.25, 0.3) is 0 Å². The molecule has 0 spiro atoms. The molecule has 2 aliphatic rings. The van der Waals surface area contributed by atoms with E-state index in [1.54, 1.807) is 18.0 Å². The Bertz CT molecular complexity index is 1660. The Morgan fingerprint density at radius 1 is 0.886 bits per heavy atom. The molecule has 224 valence electrons. The fourth-order valence-corrected chi connectivity index (χ4v) is 6.24. The monoisotopic (exact) mass is 610 g/mol. The summed E-state index contributed by atoms with van der Waals surface area (Å²) >= 11 is 1.64.